The highest BCUT2D eigenvalue weighted by Gasteiger charge is 2.43. The van der Waals surface area contributed by atoms with Gasteiger partial charge in [-0.2, -0.15) is 5.10 Å². The topological polar surface area (TPSA) is 59.4 Å². The van der Waals surface area contributed by atoms with Gasteiger partial charge in [0.2, 0.25) is 0 Å². The minimum absolute atomic E-state index is 0.0280. The van der Waals surface area contributed by atoms with Crippen molar-refractivity contribution in [3.8, 4) is 5.69 Å². The number of aromatic nitrogens is 2. The van der Waals surface area contributed by atoms with Crippen molar-refractivity contribution in [1.82, 2.24) is 20.0 Å². The van der Waals surface area contributed by atoms with Crippen LogP contribution in [0.4, 0.5) is 9.18 Å². The Balaban J connectivity index is 1.43. The summed E-state index contributed by atoms with van der Waals surface area (Å²) in [5, 5.41) is 7.63. The number of aryl methyl sites for hydroxylation is 1. The van der Waals surface area contributed by atoms with Gasteiger partial charge < -0.3 is 15.0 Å². The third-order valence-electron chi connectivity index (χ3n) is 6.24. The minimum Gasteiger partial charge on any atom is -0.381 e. The van der Waals surface area contributed by atoms with Crippen LogP contribution in [0.3, 0.4) is 0 Å². The summed E-state index contributed by atoms with van der Waals surface area (Å²) < 4.78 is 20.6. The number of ether oxygens (including phenoxy) is 1. The van der Waals surface area contributed by atoms with Gasteiger partial charge in [0.15, 0.2) is 0 Å². The van der Waals surface area contributed by atoms with Crippen LogP contribution in [0.5, 0.6) is 0 Å². The molecule has 3 atom stereocenters. The van der Waals surface area contributed by atoms with Gasteiger partial charge in [0, 0.05) is 49.8 Å². The van der Waals surface area contributed by atoms with E-state index in [-0.39, 0.29) is 11.8 Å². The molecule has 6 nitrogen and oxygen atoms in total. The third-order valence-corrected chi connectivity index (χ3v) is 6.24. The van der Waals surface area contributed by atoms with Crippen molar-refractivity contribution in [2.24, 2.45) is 11.8 Å². The van der Waals surface area contributed by atoms with Crippen molar-refractivity contribution in [2.45, 2.75) is 39.3 Å². The monoisotopic (exact) mass is 386 g/mol. The molecule has 1 saturated carbocycles. The molecule has 1 aliphatic heterocycles. The Kier molecular flexibility index (Phi) is 5.10. The van der Waals surface area contributed by atoms with E-state index in [0.29, 0.717) is 24.5 Å². The van der Waals surface area contributed by atoms with Gasteiger partial charge in [0.05, 0.1) is 17.5 Å². The Morgan fingerprint density at radius 3 is 2.46 bits per heavy atom. The first kappa shape index (κ1) is 18.9. The number of amides is 2. The molecule has 2 bridgehead atoms. The predicted molar refractivity (Wildman–Crippen MR) is 104 cm³/mol. The zero-order chi connectivity index (χ0) is 19.8. The van der Waals surface area contributed by atoms with Crippen molar-refractivity contribution in [3.05, 3.63) is 47.0 Å². The summed E-state index contributed by atoms with van der Waals surface area (Å²) in [5.74, 6) is 0.613. The SMILES string of the molecule is COC1[C@@H]2CC[C@H]1CN(C(=O)NCc1c(C)nn(-c3ccc(F)cc3)c1C)C2. The van der Waals surface area contributed by atoms with Gasteiger partial charge >= 0.3 is 6.03 Å². The van der Waals surface area contributed by atoms with Gasteiger partial charge in [-0.25, -0.2) is 13.9 Å². The summed E-state index contributed by atoms with van der Waals surface area (Å²) in [6, 6.07) is 6.22. The Labute approximate surface area is 164 Å². The van der Waals surface area contributed by atoms with E-state index >= 15 is 0 Å². The maximum atomic E-state index is 13.2. The molecule has 0 radical (unpaired) electrons. The van der Waals surface area contributed by atoms with Crippen LogP contribution in [0.15, 0.2) is 24.3 Å². The quantitative estimate of drug-likeness (QED) is 0.878. The number of piperidine rings is 1. The van der Waals surface area contributed by atoms with Crippen LogP contribution in [0.2, 0.25) is 0 Å². The number of halogens is 1. The molecule has 0 spiro atoms. The van der Waals surface area contributed by atoms with Gasteiger partial charge in [-0.3, -0.25) is 0 Å². The summed E-state index contributed by atoms with van der Waals surface area (Å²) in [6.45, 7) is 5.84. The number of fused-ring (bicyclic) bond motifs is 2. The second-order valence-electron chi connectivity index (χ2n) is 7.90. The molecule has 150 valence electrons. The molecule has 1 N–H and O–H groups in total. The first-order chi connectivity index (χ1) is 13.5. The van der Waals surface area contributed by atoms with Crippen LogP contribution in [0.1, 0.15) is 29.8 Å². The first-order valence-electron chi connectivity index (χ1n) is 9.84. The molecule has 1 unspecified atom stereocenters. The molecule has 2 fully saturated rings. The molecular weight excluding hydrogens is 359 g/mol. The zero-order valence-electron chi connectivity index (χ0n) is 16.6. The second-order valence-corrected chi connectivity index (χ2v) is 7.90. The molecule has 2 aliphatic rings. The molecule has 1 aromatic heterocycles. The molecule has 2 amide bonds. The molecule has 28 heavy (non-hydrogen) atoms. The maximum Gasteiger partial charge on any atom is 0.317 e. The Morgan fingerprint density at radius 2 is 1.86 bits per heavy atom. The number of hydrogen-bond donors (Lipinski definition) is 1. The highest BCUT2D eigenvalue weighted by atomic mass is 19.1. The lowest BCUT2D eigenvalue weighted by atomic mass is 9.95. The van der Waals surface area contributed by atoms with Crippen LogP contribution in [0.25, 0.3) is 5.69 Å². The van der Waals surface area contributed by atoms with Crippen molar-refractivity contribution in [2.75, 3.05) is 20.2 Å². The number of nitrogens with zero attached hydrogens (tertiary/aromatic N) is 3. The predicted octanol–water partition coefficient (Wildman–Crippen LogP) is 3.19. The summed E-state index contributed by atoms with van der Waals surface area (Å²) in [4.78, 5) is 14.7. The smallest absolute Gasteiger partial charge is 0.317 e. The normalized spacial score (nSPS) is 23.9. The number of nitrogens with one attached hydrogen (secondary N) is 1. The van der Waals surface area contributed by atoms with E-state index in [1.807, 2.05) is 18.7 Å². The lowest BCUT2D eigenvalue weighted by Crippen LogP contribution is -2.51. The number of rotatable bonds is 4. The number of carbonyl (C=O) groups is 1. The van der Waals surface area contributed by atoms with Gasteiger partial charge in [-0.05, 0) is 51.0 Å². The van der Waals surface area contributed by atoms with Gasteiger partial charge in [-0.15, -0.1) is 0 Å². The molecule has 1 aliphatic carbocycles. The Bertz CT molecular complexity index is 850. The van der Waals surface area contributed by atoms with E-state index in [1.54, 1.807) is 23.9 Å². The molecule has 4 rings (SSSR count). The Hall–Kier alpha value is -2.41. The van der Waals surface area contributed by atoms with E-state index in [9.17, 15) is 9.18 Å². The highest BCUT2D eigenvalue weighted by Crippen LogP contribution is 2.38. The average molecular weight is 386 g/mol. The summed E-state index contributed by atoms with van der Waals surface area (Å²) in [7, 11) is 1.77. The van der Waals surface area contributed by atoms with Crippen LogP contribution in [-0.4, -0.2) is 47.0 Å². The van der Waals surface area contributed by atoms with Crippen molar-refractivity contribution >= 4 is 6.03 Å². The molecular formula is C21H27FN4O2. The fraction of sp³-hybridized carbons (Fsp3) is 0.524. The molecule has 2 aromatic rings. The average Bonchev–Trinajstić information content (AvgIpc) is 3.11. The Morgan fingerprint density at radius 1 is 1.21 bits per heavy atom. The van der Waals surface area contributed by atoms with E-state index in [4.69, 9.17) is 4.74 Å². The van der Waals surface area contributed by atoms with Crippen LogP contribution in [-0.2, 0) is 11.3 Å². The standard InChI is InChI=1S/C21H27FN4O2/c1-13-19(14(2)26(24-13)18-8-6-17(22)7-9-18)10-23-21(27)25-11-15-4-5-16(12-25)20(15)28-3/h6-9,15-16,20H,4-5,10-12H2,1-3H3,(H,23,27)/t15-,16+,20?. The molecule has 1 saturated heterocycles. The number of methoxy groups -OCH3 is 1. The third kappa shape index (κ3) is 3.39. The van der Waals surface area contributed by atoms with E-state index < -0.39 is 0 Å². The number of hydrogen-bond acceptors (Lipinski definition) is 3. The van der Waals surface area contributed by atoms with E-state index in [1.165, 1.54) is 12.1 Å². The highest BCUT2D eigenvalue weighted by molar-refractivity contribution is 5.74. The van der Waals surface area contributed by atoms with Crippen LogP contribution >= 0.6 is 0 Å². The van der Waals surface area contributed by atoms with Gasteiger partial charge in [0.1, 0.15) is 5.82 Å². The summed E-state index contributed by atoms with van der Waals surface area (Å²) >= 11 is 0. The number of carbonyl (C=O) groups excluding carboxylic acids is 1. The van der Waals surface area contributed by atoms with Gasteiger partial charge in [0.25, 0.3) is 0 Å². The van der Waals surface area contributed by atoms with E-state index in [2.05, 4.69) is 10.4 Å². The number of benzene rings is 1. The summed E-state index contributed by atoms with van der Waals surface area (Å²) in [5.41, 5.74) is 3.60. The lowest BCUT2D eigenvalue weighted by Gasteiger charge is -2.37. The summed E-state index contributed by atoms with van der Waals surface area (Å²) in [6.07, 6.45) is 2.56. The fourth-order valence-corrected chi connectivity index (χ4v) is 4.76. The minimum atomic E-state index is -0.274. The number of urea groups is 1. The number of likely N-dealkylation sites (tertiary alicyclic amines) is 1. The molecule has 1 aromatic carbocycles. The fourth-order valence-electron chi connectivity index (χ4n) is 4.76. The van der Waals surface area contributed by atoms with Crippen LogP contribution in [0, 0.1) is 31.5 Å². The first-order valence-corrected chi connectivity index (χ1v) is 9.84. The molecule has 2 heterocycles. The zero-order valence-corrected chi connectivity index (χ0v) is 16.6. The largest absolute Gasteiger partial charge is 0.381 e. The van der Waals surface area contributed by atoms with Crippen molar-refractivity contribution in [1.29, 1.82) is 0 Å². The van der Waals surface area contributed by atoms with Crippen molar-refractivity contribution in [3.63, 3.8) is 0 Å². The van der Waals surface area contributed by atoms with Gasteiger partial charge in [-0.1, -0.05) is 0 Å². The van der Waals surface area contributed by atoms with Crippen molar-refractivity contribution < 1.29 is 13.9 Å². The molecule has 7 heteroatoms. The van der Waals surface area contributed by atoms with E-state index in [0.717, 1.165) is 48.6 Å². The maximum absolute atomic E-state index is 13.2. The second kappa shape index (κ2) is 7.54. The van der Waals surface area contributed by atoms with Crippen LogP contribution < -0.4 is 5.32 Å². The lowest BCUT2D eigenvalue weighted by molar-refractivity contribution is -0.00509.